The second-order valence-electron chi connectivity index (χ2n) is 15.0. The average molecular weight is 728 g/mol. The molecule has 50 heavy (non-hydrogen) atoms. The van der Waals surface area contributed by atoms with Gasteiger partial charge in [-0.1, -0.05) is 147 Å². The third-order valence-corrected chi connectivity index (χ3v) is 9.84. The molecule has 0 radical (unpaired) electrons. The van der Waals surface area contributed by atoms with Gasteiger partial charge in [-0.05, 0) is 51.4 Å². The number of likely N-dealkylation sites (N-methyl/N-ethyl adjacent to an activating group) is 1. The highest BCUT2D eigenvalue weighted by atomic mass is 31.2. The van der Waals surface area contributed by atoms with E-state index in [1.165, 1.54) is 83.5 Å². The fourth-order valence-corrected chi connectivity index (χ4v) is 6.28. The highest BCUT2D eigenvalue weighted by Gasteiger charge is 2.27. The summed E-state index contributed by atoms with van der Waals surface area (Å²) < 4.78 is 23.5. The Balaban J connectivity index is 4.52. The van der Waals surface area contributed by atoms with Gasteiger partial charge in [0, 0.05) is 6.42 Å². The molecule has 0 aromatic carbocycles. The van der Waals surface area contributed by atoms with Crippen LogP contribution in [0, 0.1) is 0 Å². The molecule has 0 aliphatic rings. The molecule has 9 heteroatoms. The minimum Gasteiger partial charge on any atom is -0.387 e. The van der Waals surface area contributed by atoms with E-state index in [0.29, 0.717) is 17.4 Å². The predicted molar refractivity (Wildman–Crippen MR) is 212 cm³/mol. The number of phosphoric acid groups is 1. The number of quaternary nitrogens is 1. The van der Waals surface area contributed by atoms with Crippen LogP contribution in [0.15, 0.2) is 36.5 Å². The fourth-order valence-electron chi connectivity index (χ4n) is 5.54. The summed E-state index contributed by atoms with van der Waals surface area (Å²) in [5.41, 5.74) is 0. The number of aliphatic hydroxyl groups is 1. The molecule has 0 aliphatic carbocycles. The zero-order valence-corrected chi connectivity index (χ0v) is 34.0. The van der Waals surface area contributed by atoms with Crippen molar-refractivity contribution in [2.75, 3.05) is 40.9 Å². The monoisotopic (exact) mass is 728 g/mol. The average Bonchev–Trinajstić information content (AvgIpc) is 3.06. The van der Waals surface area contributed by atoms with Crippen LogP contribution >= 0.6 is 7.82 Å². The first-order valence-electron chi connectivity index (χ1n) is 20.4. The van der Waals surface area contributed by atoms with Gasteiger partial charge in [0.15, 0.2) is 0 Å². The molecule has 0 spiro atoms. The van der Waals surface area contributed by atoms with Crippen molar-refractivity contribution in [3.63, 3.8) is 0 Å². The fraction of sp³-hybridized carbons (Fsp3) is 0.829. The van der Waals surface area contributed by atoms with E-state index < -0.39 is 20.0 Å². The van der Waals surface area contributed by atoms with Crippen molar-refractivity contribution in [2.45, 2.75) is 180 Å². The lowest BCUT2D eigenvalue weighted by atomic mass is 10.1. The molecule has 0 heterocycles. The Bertz CT molecular complexity index is 917. The molecule has 3 N–H and O–H groups in total. The maximum Gasteiger partial charge on any atom is 0.472 e. The number of unbranched alkanes of at least 4 members (excludes halogenated alkanes) is 19. The van der Waals surface area contributed by atoms with Crippen molar-refractivity contribution in [3.05, 3.63) is 36.5 Å². The molecule has 0 rings (SSSR count). The number of aliphatic hydroxyl groups excluding tert-OH is 1. The number of nitrogens with one attached hydrogen (secondary N) is 1. The Morgan fingerprint density at radius 1 is 0.680 bits per heavy atom. The number of phosphoric ester groups is 1. The van der Waals surface area contributed by atoms with E-state index in [1.807, 2.05) is 27.2 Å². The zero-order chi connectivity index (χ0) is 37.2. The summed E-state index contributed by atoms with van der Waals surface area (Å²) >= 11 is 0. The summed E-state index contributed by atoms with van der Waals surface area (Å²) in [6.45, 7) is 4.76. The summed E-state index contributed by atoms with van der Waals surface area (Å²) in [6, 6.07) is -0.850. The van der Waals surface area contributed by atoms with Crippen molar-refractivity contribution in [3.8, 4) is 0 Å². The molecule has 0 bridgehead atoms. The topological polar surface area (TPSA) is 105 Å². The smallest absolute Gasteiger partial charge is 0.387 e. The van der Waals surface area contributed by atoms with Gasteiger partial charge < -0.3 is 19.8 Å². The van der Waals surface area contributed by atoms with E-state index in [0.717, 1.165) is 64.2 Å². The predicted octanol–water partition coefficient (Wildman–Crippen LogP) is 10.7. The van der Waals surface area contributed by atoms with Crippen molar-refractivity contribution in [1.29, 1.82) is 0 Å². The Labute approximate surface area is 308 Å². The lowest BCUT2D eigenvalue weighted by Crippen LogP contribution is -2.45. The van der Waals surface area contributed by atoms with Crippen LogP contribution in [0.5, 0.6) is 0 Å². The van der Waals surface area contributed by atoms with Crippen molar-refractivity contribution in [2.24, 2.45) is 0 Å². The van der Waals surface area contributed by atoms with Crippen LogP contribution in [0.25, 0.3) is 0 Å². The first-order valence-corrected chi connectivity index (χ1v) is 21.9. The van der Waals surface area contributed by atoms with Gasteiger partial charge in [0.1, 0.15) is 13.2 Å². The molecule has 0 saturated heterocycles. The van der Waals surface area contributed by atoms with Crippen LogP contribution in [0.2, 0.25) is 0 Å². The van der Waals surface area contributed by atoms with E-state index in [1.54, 1.807) is 6.08 Å². The minimum atomic E-state index is -4.33. The summed E-state index contributed by atoms with van der Waals surface area (Å²) in [6.07, 6.45) is 39.1. The number of rotatable bonds is 36. The molecular formula is C41H80N2O6P+. The molecule has 0 aromatic heterocycles. The van der Waals surface area contributed by atoms with Crippen LogP contribution in [0.4, 0.5) is 0 Å². The van der Waals surface area contributed by atoms with Crippen LogP contribution in [-0.2, 0) is 18.4 Å². The highest BCUT2D eigenvalue weighted by Crippen LogP contribution is 2.43. The molecule has 3 unspecified atom stereocenters. The third kappa shape index (κ3) is 35.1. The zero-order valence-electron chi connectivity index (χ0n) is 33.1. The van der Waals surface area contributed by atoms with E-state index in [-0.39, 0.29) is 19.1 Å². The lowest BCUT2D eigenvalue weighted by Gasteiger charge is -2.25. The molecule has 0 fully saturated rings. The van der Waals surface area contributed by atoms with E-state index in [2.05, 4.69) is 43.5 Å². The summed E-state index contributed by atoms with van der Waals surface area (Å²) in [5.74, 6) is -0.194. The van der Waals surface area contributed by atoms with Gasteiger partial charge >= 0.3 is 7.82 Å². The number of allylic oxidation sites excluding steroid dienone is 5. The normalized spacial score (nSPS) is 14.9. The maximum absolute atomic E-state index is 12.8. The molecule has 8 nitrogen and oxygen atoms in total. The van der Waals surface area contributed by atoms with Gasteiger partial charge in [0.05, 0.1) is 39.9 Å². The molecule has 0 aromatic rings. The standard InChI is InChI=1S/C41H79N2O6P/c1-6-8-10-12-14-16-18-20-21-22-23-25-27-29-31-33-35-41(45)42-39(38-49-50(46,47)48-37-36-43(3,4)5)40(44)34-32-30-28-26-24-19-17-15-13-11-9-7-2/h16,18,21-22,32,34,39-40,44H,6-15,17,19-20,23-31,33,35-38H2,1-5H3,(H-,42,45,46,47)/p+1/b18-16-,22-21-,34-32+. The van der Waals surface area contributed by atoms with Crippen LogP contribution in [0.1, 0.15) is 168 Å². The molecule has 294 valence electrons. The molecule has 1 amide bonds. The molecule has 0 saturated carbocycles. The van der Waals surface area contributed by atoms with E-state index in [9.17, 15) is 19.4 Å². The van der Waals surface area contributed by atoms with E-state index >= 15 is 0 Å². The van der Waals surface area contributed by atoms with Crippen molar-refractivity contribution >= 4 is 13.7 Å². The van der Waals surface area contributed by atoms with Crippen molar-refractivity contribution < 1.29 is 32.9 Å². The van der Waals surface area contributed by atoms with Gasteiger partial charge in [-0.2, -0.15) is 0 Å². The summed E-state index contributed by atoms with van der Waals surface area (Å²) in [5, 5.41) is 13.8. The molecular weight excluding hydrogens is 647 g/mol. The Kier molecular flexibility index (Phi) is 32.7. The van der Waals surface area contributed by atoms with Gasteiger partial charge in [-0.25, -0.2) is 4.57 Å². The number of nitrogens with zero attached hydrogens (tertiary/aromatic N) is 1. The highest BCUT2D eigenvalue weighted by molar-refractivity contribution is 7.47. The quantitative estimate of drug-likeness (QED) is 0.0257. The number of hydrogen-bond acceptors (Lipinski definition) is 5. The SMILES string of the molecule is CCCCCC/C=C\C/C=C\CCCCCCCC(=O)NC(COP(=O)(O)OCC[N+](C)(C)C)C(O)/C=C/CCCCCCCCCCCC. The second-order valence-corrected chi connectivity index (χ2v) is 16.5. The molecule has 3 atom stereocenters. The summed E-state index contributed by atoms with van der Waals surface area (Å²) in [4.78, 5) is 23.0. The van der Waals surface area contributed by atoms with Crippen LogP contribution in [-0.4, -0.2) is 73.4 Å². The van der Waals surface area contributed by atoms with Crippen LogP contribution in [0.3, 0.4) is 0 Å². The van der Waals surface area contributed by atoms with Gasteiger partial charge in [0.2, 0.25) is 5.91 Å². The first-order chi connectivity index (χ1) is 24.0. The maximum atomic E-state index is 12.8. The van der Waals surface area contributed by atoms with Gasteiger partial charge in [-0.15, -0.1) is 0 Å². The van der Waals surface area contributed by atoms with Crippen molar-refractivity contribution in [1.82, 2.24) is 5.32 Å². The van der Waals surface area contributed by atoms with E-state index in [4.69, 9.17) is 9.05 Å². The Morgan fingerprint density at radius 2 is 1.14 bits per heavy atom. The second kappa shape index (κ2) is 33.5. The number of carbonyl (C=O) groups excluding carboxylic acids is 1. The number of amides is 1. The Morgan fingerprint density at radius 3 is 1.66 bits per heavy atom. The number of hydrogen-bond donors (Lipinski definition) is 3. The van der Waals surface area contributed by atoms with Crippen LogP contribution < -0.4 is 5.32 Å². The largest absolute Gasteiger partial charge is 0.472 e. The first kappa shape index (κ1) is 48.7. The van der Waals surface area contributed by atoms with Gasteiger partial charge in [0.25, 0.3) is 0 Å². The Hall–Kier alpha value is -1.28. The lowest BCUT2D eigenvalue weighted by molar-refractivity contribution is -0.870. The third-order valence-electron chi connectivity index (χ3n) is 8.85. The van der Waals surface area contributed by atoms with Gasteiger partial charge in [-0.3, -0.25) is 13.8 Å². The molecule has 0 aliphatic heterocycles. The number of carbonyl (C=O) groups is 1. The summed E-state index contributed by atoms with van der Waals surface area (Å²) in [7, 11) is 1.56. The minimum absolute atomic E-state index is 0.0580.